The molecule has 116 valence electrons. The van der Waals surface area contributed by atoms with E-state index in [1.807, 2.05) is 0 Å². The van der Waals surface area contributed by atoms with Crippen LogP contribution in [0.5, 0.6) is 0 Å². The first-order valence-electron chi connectivity index (χ1n) is 6.53. The molecule has 0 spiro atoms. The third kappa shape index (κ3) is 3.49. The maximum Gasteiger partial charge on any atom is 0.327 e. The number of esters is 2. The average molecular weight is 298 g/mol. The minimum absolute atomic E-state index is 0.0597. The summed E-state index contributed by atoms with van der Waals surface area (Å²) in [5.74, 6) is 3.53. The summed E-state index contributed by atoms with van der Waals surface area (Å²) in [4.78, 5) is 24.3. The highest BCUT2D eigenvalue weighted by molar-refractivity contribution is 6.05. The molecule has 0 amide bonds. The lowest BCUT2D eigenvalue weighted by Crippen LogP contribution is -2.43. The Morgan fingerprint density at radius 3 is 1.90 bits per heavy atom. The Kier molecular flexibility index (Phi) is 5.66. The van der Waals surface area contributed by atoms with Crippen LogP contribution in [-0.4, -0.2) is 25.2 Å². The van der Waals surface area contributed by atoms with Gasteiger partial charge in [-0.15, -0.1) is 5.23 Å². The molecule has 0 aliphatic carbocycles. The molecular formula is C14H19FN2O4. The number of halogens is 1. The number of nitrogens with two attached hydrogens (primary N) is 1. The topological polar surface area (TPSA) is 81.9 Å². The fraction of sp³-hybridized carbons (Fsp3) is 0.429. The smallest absolute Gasteiger partial charge is 0.327 e. The van der Waals surface area contributed by atoms with E-state index in [1.165, 1.54) is 31.2 Å². The van der Waals surface area contributed by atoms with Crippen molar-refractivity contribution in [3.05, 3.63) is 29.8 Å². The molecule has 0 atom stereocenters. The highest BCUT2D eigenvalue weighted by atomic mass is 19.2. The second kappa shape index (κ2) is 7.03. The Hall–Kier alpha value is -2.15. The minimum Gasteiger partial charge on any atom is -0.465 e. The molecule has 7 heteroatoms. The first-order chi connectivity index (χ1) is 9.87. The standard InChI is InChI=1S/C14H19FN2O4/c1-4-20-12(18)14(3,13(19)21-5-2)10-6-8-11(9-7-10)17(15)16/h6-9H,4-5,16H2,1-3H3. The van der Waals surface area contributed by atoms with E-state index in [0.717, 1.165) is 0 Å². The zero-order valence-corrected chi connectivity index (χ0v) is 12.3. The minimum atomic E-state index is -1.61. The number of hydrogen-bond donors (Lipinski definition) is 1. The summed E-state index contributed by atoms with van der Waals surface area (Å²) in [6.45, 7) is 4.96. The van der Waals surface area contributed by atoms with Gasteiger partial charge in [-0.05, 0) is 38.5 Å². The van der Waals surface area contributed by atoms with E-state index in [4.69, 9.17) is 15.3 Å². The van der Waals surface area contributed by atoms with E-state index < -0.39 is 17.4 Å². The monoisotopic (exact) mass is 298 g/mol. The molecule has 6 nitrogen and oxygen atoms in total. The zero-order valence-electron chi connectivity index (χ0n) is 12.3. The molecule has 1 aromatic carbocycles. The van der Waals surface area contributed by atoms with Gasteiger partial charge in [-0.1, -0.05) is 16.6 Å². The van der Waals surface area contributed by atoms with Gasteiger partial charge in [0.2, 0.25) is 0 Å². The highest BCUT2D eigenvalue weighted by Gasteiger charge is 2.46. The van der Waals surface area contributed by atoms with E-state index in [0.29, 0.717) is 5.56 Å². The number of carbonyl (C=O) groups is 2. The van der Waals surface area contributed by atoms with E-state index in [1.54, 1.807) is 13.8 Å². The lowest BCUT2D eigenvalue weighted by Gasteiger charge is -2.25. The number of carbonyl (C=O) groups excluding carboxylic acids is 2. The number of ether oxygens (including phenoxy) is 2. The van der Waals surface area contributed by atoms with Gasteiger partial charge < -0.3 is 9.47 Å². The van der Waals surface area contributed by atoms with Crippen LogP contribution < -0.4 is 11.1 Å². The molecule has 1 aromatic rings. The molecule has 21 heavy (non-hydrogen) atoms. The van der Waals surface area contributed by atoms with Crippen LogP contribution in [0.1, 0.15) is 26.3 Å². The second-order valence-electron chi connectivity index (χ2n) is 4.42. The summed E-state index contributed by atoms with van der Waals surface area (Å²) in [6.07, 6.45) is 0. The summed E-state index contributed by atoms with van der Waals surface area (Å²) < 4.78 is 22.8. The molecule has 0 fully saturated rings. The van der Waals surface area contributed by atoms with Crippen LogP contribution in [0, 0.1) is 0 Å². The van der Waals surface area contributed by atoms with Crippen LogP contribution in [0.4, 0.5) is 10.2 Å². The molecular weight excluding hydrogens is 279 g/mol. The molecule has 0 radical (unpaired) electrons. The number of nitrogens with zero attached hydrogens (tertiary/aromatic N) is 1. The van der Waals surface area contributed by atoms with Gasteiger partial charge >= 0.3 is 11.9 Å². The van der Waals surface area contributed by atoms with Gasteiger partial charge in [0.15, 0.2) is 5.41 Å². The number of rotatable bonds is 6. The molecule has 0 aliphatic heterocycles. The van der Waals surface area contributed by atoms with E-state index in [2.05, 4.69) is 0 Å². The fourth-order valence-corrected chi connectivity index (χ4v) is 1.81. The Morgan fingerprint density at radius 2 is 1.57 bits per heavy atom. The maximum absolute atomic E-state index is 12.8. The van der Waals surface area contributed by atoms with Crippen molar-refractivity contribution in [3.63, 3.8) is 0 Å². The number of hydrazine groups is 1. The predicted octanol–water partition coefficient (Wildman–Crippen LogP) is 1.64. The van der Waals surface area contributed by atoms with Crippen LogP contribution in [0.2, 0.25) is 0 Å². The molecule has 0 bridgehead atoms. The number of anilines is 1. The van der Waals surface area contributed by atoms with Gasteiger partial charge in [0.25, 0.3) is 0 Å². The molecule has 2 N–H and O–H groups in total. The summed E-state index contributed by atoms with van der Waals surface area (Å²) in [5, 5.41) is -0.0597. The van der Waals surface area contributed by atoms with Crippen molar-refractivity contribution in [3.8, 4) is 0 Å². The Morgan fingerprint density at radius 1 is 1.14 bits per heavy atom. The lowest BCUT2D eigenvalue weighted by molar-refractivity contribution is -0.163. The Bertz CT molecular complexity index is 484. The Labute approximate surface area is 122 Å². The van der Waals surface area contributed by atoms with Crippen molar-refractivity contribution in [1.29, 1.82) is 0 Å². The molecule has 0 unspecified atom stereocenters. The summed E-state index contributed by atoms with van der Waals surface area (Å²) >= 11 is 0. The van der Waals surface area contributed by atoms with Gasteiger partial charge in [0.1, 0.15) is 0 Å². The van der Waals surface area contributed by atoms with Crippen molar-refractivity contribution in [2.45, 2.75) is 26.2 Å². The fourth-order valence-electron chi connectivity index (χ4n) is 1.81. The lowest BCUT2D eigenvalue weighted by atomic mass is 9.82. The molecule has 0 aliphatic rings. The maximum atomic E-state index is 12.8. The highest BCUT2D eigenvalue weighted by Crippen LogP contribution is 2.29. The van der Waals surface area contributed by atoms with Crippen LogP contribution in [0.3, 0.4) is 0 Å². The van der Waals surface area contributed by atoms with Crippen molar-refractivity contribution >= 4 is 17.6 Å². The average Bonchev–Trinajstić information content (AvgIpc) is 2.46. The summed E-state index contributed by atoms with van der Waals surface area (Å²) in [5.41, 5.74) is -1.18. The number of hydrogen-bond acceptors (Lipinski definition) is 6. The predicted molar refractivity (Wildman–Crippen MR) is 74.8 cm³/mol. The molecule has 0 saturated heterocycles. The first-order valence-corrected chi connectivity index (χ1v) is 6.53. The largest absolute Gasteiger partial charge is 0.465 e. The van der Waals surface area contributed by atoms with Gasteiger partial charge in [0.05, 0.1) is 18.9 Å². The normalized spacial score (nSPS) is 10.9. The third-order valence-electron chi connectivity index (χ3n) is 3.06. The third-order valence-corrected chi connectivity index (χ3v) is 3.06. The molecule has 0 heterocycles. The van der Waals surface area contributed by atoms with Crippen molar-refractivity contribution in [2.75, 3.05) is 18.4 Å². The van der Waals surface area contributed by atoms with Crippen molar-refractivity contribution in [2.24, 2.45) is 5.84 Å². The number of benzene rings is 1. The first kappa shape index (κ1) is 16.9. The van der Waals surface area contributed by atoms with Crippen LogP contribution >= 0.6 is 0 Å². The molecule has 0 saturated carbocycles. The van der Waals surface area contributed by atoms with Crippen LogP contribution in [0.15, 0.2) is 24.3 Å². The SMILES string of the molecule is CCOC(=O)C(C)(C(=O)OCC)c1ccc(N(N)F)cc1. The zero-order chi connectivity index (χ0) is 16.0. The second-order valence-corrected chi connectivity index (χ2v) is 4.42. The summed E-state index contributed by atoms with van der Waals surface area (Å²) in [7, 11) is 0. The van der Waals surface area contributed by atoms with Crippen molar-refractivity contribution < 1.29 is 23.5 Å². The summed E-state index contributed by atoms with van der Waals surface area (Å²) in [6, 6.07) is 5.57. The van der Waals surface area contributed by atoms with Crippen LogP contribution in [0.25, 0.3) is 0 Å². The van der Waals surface area contributed by atoms with E-state index in [9.17, 15) is 14.1 Å². The van der Waals surface area contributed by atoms with Gasteiger partial charge in [-0.25, -0.2) is 5.84 Å². The van der Waals surface area contributed by atoms with E-state index >= 15 is 0 Å². The van der Waals surface area contributed by atoms with Gasteiger partial charge in [0, 0.05) is 0 Å². The van der Waals surface area contributed by atoms with Gasteiger partial charge in [-0.3, -0.25) is 9.59 Å². The quantitative estimate of drug-likeness (QED) is 0.283. The molecule has 0 aromatic heterocycles. The molecule has 1 rings (SSSR count). The Balaban J connectivity index is 3.23. The van der Waals surface area contributed by atoms with Crippen LogP contribution in [-0.2, 0) is 24.5 Å². The van der Waals surface area contributed by atoms with Crippen molar-refractivity contribution in [1.82, 2.24) is 0 Å². The van der Waals surface area contributed by atoms with E-state index in [-0.39, 0.29) is 24.1 Å². The van der Waals surface area contributed by atoms with Gasteiger partial charge in [-0.2, -0.15) is 0 Å².